The molecule has 0 saturated carbocycles. The molecule has 1 aromatic carbocycles. The molecule has 1 rings (SSSR count). The third kappa shape index (κ3) is 5.63. The summed E-state index contributed by atoms with van der Waals surface area (Å²) in [5.41, 5.74) is 0.982. The highest BCUT2D eigenvalue weighted by Crippen LogP contribution is 2.28. The van der Waals surface area contributed by atoms with E-state index in [1.165, 1.54) is 12.1 Å². The van der Waals surface area contributed by atoms with Crippen LogP contribution >= 0.6 is 0 Å². The average molecular weight is 276 g/mol. The van der Waals surface area contributed by atoms with Gasteiger partial charge in [-0.05, 0) is 37.5 Å². The van der Waals surface area contributed by atoms with Crippen LogP contribution in [0, 0.1) is 6.92 Å². The van der Waals surface area contributed by atoms with Crippen LogP contribution in [-0.4, -0.2) is 18.9 Å². The van der Waals surface area contributed by atoms with Gasteiger partial charge in [-0.3, -0.25) is 4.79 Å². The van der Waals surface area contributed by atoms with Crippen molar-refractivity contribution in [3.05, 3.63) is 29.3 Å². The Bertz CT molecular complexity index is 441. The van der Waals surface area contributed by atoms with E-state index < -0.39 is 12.3 Å². The molecule has 19 heavy (non-hydrogen) atoms. The molecule has 0 fully saturated rings. The molecule has 1 aromatic rings. The number of halogens is 3. The first-order valence-corrected chi connectivity index (χ1v) is 5.82. The molecule has 0 heterocycles. The Morgan fingerprint density at radius 1 is 1.32 bits per heavy atom. The van der Waals surface area contributed by atoms with Crippen LogP contribution in [0.4, 0.5) is 13.2 Å². The van der Waals surface area contributed by atoms with Gasteiger partial charge in [0.25, 0.3) is 0 Å². The van der Waals surface area contributed by atoms with Gasteiger partial charge in [-0.25, -0.2) is 0 Å². The summed E-state index contributed by atoms with van der Waals surface area (Å²) in [5, 5.41) is 0. The molecule has 0 unspecified atom stereocenters. The number of ether oxygens (including phenoxy) is 2. The minimum Gasteiger partial charge on any atom is -0.466 e. The fourth-order valence-electron chi connectivity index (χ4n) is 1.56. The second-order valence-corrected chi connectivity index (χ2v) is 3.96. The molecule has 0 bridgehead atoms. The molecule has 0 saturated heterocycles. The van der Waals surface area contributed by atoms with Gasteiger partial charge in [-0.1, -0.05) is 12.1 Å². The predicted molar refractivity (Wildman–Crippen MR) is 62.8 cm³/mol. The summed E-state index contributed by atoms with van der Waals surface area (Å²) in [6.07, 6.45) is -4.58. The summed E-state index contributed by atoms with van der Waals surface area (Å²) in [7, 11) is 0. The zero-order valence-electron chi connectivity index (χ0n) is 10.7. The summed E-state index contributed by atoms with van der Waals surface area (Å²) in [6, 6.07) is 4.49. The zero-order chi connectivity index (χ0) is 14.5. The van der Waals surface area contributed by atoms with E-state index in [9.17, 15) is 18.0 Å². The van der Waals surface area contributed by atoms with Crippen LogP contribution in [0.3, 0.4) is 0 Å². The average Bonchev–Trinajstić information content (AvgIpc) is 2.26. The van der Waals surface area contributed by atoms with Gasteiger partial charge in [0.05, 0.1) is 6.61 Å². The topological polar surface area (TPSA) is 35.5 Å². The highest BCUT2D eigenvalue weighted by molar-refractivity contribution is 5.69. The third-order valence-electron chi connectivity index (χ3n) is 2.35. The Labute approximate surface area is 109 Å². The lowest BCUT2D eigenvalue weighted by molar-refractivity contribution is -0.274. The van der Waals surface area contributed by atoms with E-state index in [2.05, 4.69) is 4.74 Å². The van der Waals surface area contributed by atoms with Gasteiger partial charge in [0.2, 0.25) is 0 Å². The van der Waals surface area contributed by atoms with Gasteiger partial charge >= 0.3 is 12.3 Å². The molecule has 0 atom stereocenters. The fraction of sp³-hybridized carbons (Fsp3) is 0.462. The quantitative estimate of drug-likeness (QED) is 0.773. The fourth-order valence-corrected chi connectivity index (χ4v) is 1.56. The molecular formula is C13H15F3O3. The van der Waals surface area contributed by atoms with E-state index >= 15 is 0 Å². The molecule has 0 aliphatic heterocycles. The highest BCUT2D eigenvalue weighted by atomic mass is 19.4. The van der Waals surface area contributed by atoms with Gasteiger partial charge in [0.1, 0.15) is 5.75 Å². The molecule has 0 spiro atoms. The van der Waals surface area contributed by atoms with Crippen molar-refractivity contribution in [3.8, 4) is 5.75 Å². The lowest BCUT2D eigenvalue weighted by Gasteiger charge is -2.13. The third-order valence-corrected chi connectivity index (χ3v) is 2.35. The van der Waals surface area contributed by atoms with E-state index in [-0.39, 0.29) is 25.2 Å². The normalized spacial score (nSPS) is 11.2. The SMILES string of the molecule is CCOC(=O)CCc1ccc(C)cc1OC(F)(F)F. The second kappa shape index (κ2) is 6.45. The Hall–Kier alpha value is -1.72. The van der Waals surface area contributed by atoms with Crippen molar-refractivity contribution in [1.29, 1.82) is 0 Å². The number of carbonyl (C=O) groups excluding carboxylic acids is 1. The van der Waals surface area contributed by atoms with Crippen molar-refractivity contribution in [3.63, 3.8) is 0 Å². The predicted octanol–water partition coefficient (Wildman–Crippen LogP) is 3.39. The number of benzene rings is 1. The number of alkyl halides is 3. The Morgan fingerprint density at radius 3 is 2.58 bits per heavy atom. The summed E-state index contributed by atoms with van der Waals surface area (Å²) >= 11 is 0. The Kier molecular flexibility index (Phi) is 5.20. The molecule has 0 aliphatic carbocycles. The van der Waals surface area contributed by atoms with Crippen molar-refractivity contribution >= 4 is 5.97 Å². The van der Waals surface area contributed by atoms with Crippen LogP contribution in [0.5, 0.6) is 5.75 Å². The van der Waals surface area contributed by atoms with Crippen LogP contribution in [0.15, 0.2) is 18.2 Å². The maximum absolute atomic E-state index is 12.3. The Morgan fingerprint density at radius 2 is 2.00 bits per heavy atom. The Balaban J connectivity index is 2.79. The van der Waals surface area contributed by atoms with Gasteiger partial charge in [-0.15, -0.1) is 13.2 Å². The molecule has 3 nitrogen and oxygen atoms in total. The standard InChI is InChI=1S/C13H15F3O3/c1-3-18-12(17)7-6-10-5-4-9(2)8-11(10)19-13(14,15)16/h4-5,8H,3,6-7H2,1-2H3. The second-order valence-electron chi connectivity index (χ2n) is 3.96. The number of rotatable bonds is 5. The molecule has 0 amide bonds. The van der Waals surface area contributed by atoms with Crippen molar-refractivity contribution in [2.24, 2.45) is 0 Å². The molecule has 0 N–H and O–H groups in total. The number of aryl methyl sites for hydroxylation is 2. The van der Waals surface area contributed by atoms with Crippen molar-refractivity contribution < 1.29 is 27.4 Å². The highest BCUT2D eigenvalue weighted by Gasteiger charge is 2.32. The molecule has 0 aliphatic rings. The van der Waals surface area contributed by atoms with Crippen LogP contribution in [0.1, 0.15) is 24.5 Å². The number of esters is 1. The molecule has 6 heteroatoms. The molecule has 106 valence electrons. The van der Waals surface area contributed by atoms with E-state index in [1.54, 1.807) is 19.9 Å². The maximum atomic E-state index is 12.3. The van der Waals surface area contributed by atoms with Crippen molar-refractivity contribution in [2.45, 2.75) is 33.1 Å². The lowest BCUT2D eigenvalue weighted by atomic mass is 10.1. The first-order chi connectivity index (χ1) is 8.81. The summed E-state index contributed by atoms with van der Waals surface area (Å²) < 4.78 is 45.5. The van der Waals surface area contributed by atoms with Gasteiger partial charge < -0.3 is 9.47 Å². The van der Waals surface area contributed by atoms with E-state index in [4.69, 9.17) is 4.74 Å². The monoisotopic (exact) mass is 276 g/mol. The largest absolute Gasteiger partial charge is 0.573 e. The van der Waals surface area contributed by atoms with Crippen LogP contribution in [0.2, 0.25) is 0 Å². The maximum Gasteiger partial charge on any atom is 0.573 e. The summed E-state index contributed by atoms with van der Waals surface area (Å²) in [4.78, 5) is 11.2. The van der Waals surface area contributed by atoms with E-state index in [1.807, 2.05) is 0 Å². The minimum atomic E-state index is -4.74. The van der Waals surface area contributed by atoms with Crippen LogP contribution < -0.4 is 4.74 Å². The van der Waals surface area contributed by atoms with Crippen LogP contribution in [0.25, 0.3) is 0 Å². The molecule has 0 aromatic heterocycles. The lowest BCUT2D eigenvalue weighted by Crippen LogP contribution is -2.18. The van der Waals surface area contributed by atoms with E-state index in [0.717, 1.165) is 0 Å². The first kappa shape index (κ1) is 15.3. The summed E-state index contributed by atoms with van der Waals surface area (Å²) in [5.74, 6) is -0.710. The van der Waals surface area contributed by atoms with Gasteiger partial charge in [0, 0.05) is 6.42 Å². The van der Waals surface area contributed by atoms with Gasteiger partial charge in [-0.2, -0.15) is 0 Å². The van der Waals surface area contributed by atoms with E-state index in [0.29, 0.717) is 11.1 Å². The smallest absolute Gasteiger partial charge is 0.466 e. The number of hydrogen-bond donors (Lipinski definition) is 0. The first-order valence-electron chi connectivity index (χ1n) is 5.82. The number of hydrogen-bond acceptors (Lipinski definition) is 3. The van der Waals surface area contributed by atoms with Crippen molar-refractivity contribution in [1.82, 2.24) is 0 Å². The molecular weight excluding hydrogens is 261 g/mol. The van der Waals surface area contributed by atoms with Gasteiger partial charge in [0.15, 0.2) is 0 Å². The zero-order valence-corrected chi connectivity index (χ0v) is 10.7. The van der Waals surface area contributed by atoms with Crippen LogP contribution in [-0.2, 0) is 16.0 Å². The minimum absolute atomic E-state index is 0.0190. The molecule has 0 radical (unpaired) electrons. The van der Waals surface area contributed by atoms with Crippen molar-refractivity contribution in [2.75, 3.05) is 6.61 Å². The number of carbonyl (C=O) groups is 1. The summed E-state index contributed by atoms with van der Waals surface area (Å²) in [6.45, 7) is 3.58.